The Morgan fingerprint density at radius 2 is 2.12 bits per heavy atom. The summed E-state index contributed by atoms with van der Waals surface area (Å²) in [5.41, 5.74) is 0.984. The van der Waals surface area contributed by atoms with E-state index in [1.165, 1.54) is 45.3 Å². The summed E-state index contributed by atoms with van der Waals surface area (Å²) >= 11 is 0. The lowest BCUT2D eigenvalue weighted by Gasteiger charge is -2.33. The first kappa shape index (κ1) is 18.8. The molecule has 0 amide bonds. The smallest absolute Gasteiger partial charge is 0.191 e. The van der Waals surface area contributed by atoms with Crippen LogP contribution in [0, 0.1) is 0 Å². The van der Waals surface area contributed by atoms with E-state index in [0.29, 0.717) is 12.6 Å². The van der Waals surface area contributed by atoms with Gasteiger partial charge in [0.15, 0.2) is 11.7 Å². The average Bonchev–Trinajstić information content (AvgIpc) is 3.07. The highest BCUT2D eigenvalue weighted by atomic mass is 16.5. The van der Waals surface area contributed by atoms with Gasteiger partial charge in [0.1, 0.15) is 6.54 Å². The van der Waals surface area contributed by atoms with Crippen LogP contribution < -0.4 is 10.6 Å². The van der Waals surface area contributed by atoms with Crippen molar-refractivity contribution in [1.82, 2.24) is 20.7 Å². The van der Waals surface area contributed by atoms with Crippen LogP contribution in [0.2, 0.25) is 0 Å². The zero-order chi connectivity index (χ0) is 17.2. The predicted octanol–water partition coefficient (Wildman–Crippen LogP) is 2.56. The largest absolute Gasteiger partial charge is 0.359 e. The molecule has 136 valence electrons. The quantitative estimate of drug-likeness (QED) is 0.564. The van der Waals surface area contributed by atoms with E-state index in [1.807, 2.05) is 6.07 Å². The molecule has 0 atom stereocenters. The van der Waals surface area contributed by atoms with Crippen molar-refractivity contribution in [3.05, 3.63) is 17.5 Å². The zero-order valence-corrected chi connectivity index (χ0v) is 15.5. The Hall–Kier alpha value is -1.56. The van der Waals surface area contributed by atoms with Crippen molar-refractivity contribution in [2.75, 3.05) is 26.2 Å². The summed E-state index contributed by atoms with van der Waals surface area (Å²) in [6, 6.07) is 2.49. The Bertz CT molecular complexity index is 491. The molecule has 1 aliphatic heterocycles. The topological polar surface area (TPSA) is 65.7 Å². The predicted molar refractivity (Wildman–Crippen MR) is 98.2 cm³/mol. The Morgan fingerprint density at radius 3 is 2.75 bits per heavy atom. The number of likely N-dealkylation sites (tertiary alicyclic amines) is 1. The molecule has 6 nitrogen and oxygen atoms in total. The summed E-state index contributed by atoms with van der Waals surface area (Å²) in [7, 11) is 0. The Kier molecular flexibility index (Phi) is 8.08. The molecule has 1 fully saturated rings. The standard InChI is InChI=1S/C18H33N5O/c1-4-7-10-23-11-8-16(9-12-23)21-18(19-6-3)20-14-17-13-15(5-2)22-24-17/h13,16H,4-12,14H2,1-3H3,(H2,19,20,21). The van der Waals surface area contributed by atoms with E-state index in [4.69, 9.17) is 4.52 Å². The summed E-state index contributed by atoms with van der Waals surface area (Å²) in [6.45, 7) is 11.4. The molecule has 6 heteroatoms. The third-order valence-corrected chi connectivity index (χ3v) is 4.46. The summed E-state index contributed by atoms with van der Waals surface area (Å²) < 4.78 is 5.31. The molecule has 1 saturated heterocycles. The molecule has 0 unspecified atom stereocenters. The Morgan fingerprint density at radius 1 is 1.33 bits per heavy atom. The molecule has 2 N–H and O–H groups in total. The molecule has 0 spiro atoms. The molecule has 2 heterocycles. The SMILES string of the molecule is CCCCN1CCC(NC(=NCc2cc(CC)no2)NCC)CC1. The molecule has 24 heavy (non-hydrogen) atoms. The molecule has 1 aromatic rings. The number of nitrogens with zero attached hydrogens (tertiary/aromatic N) is 3. The van der Waals surface area contributed by atoms with Crippen LogP contribution in [-0.2, 0) is 13.0 Å². The highest BCUT2D eigenvalue weighted by molar-refractivity contribution is 5.80. The zero-order valence-electron chi connectivity index (χ0n) is 15.5. The molecule has 0 bridgehead atoms. The van der Waals surface area contributed by atoms with Crippen molar-refractivity contribution >= 4 is 5.96 Å². The maximum atomic E-state index is 5.31. The molecular weight excluding hydrogens is 302 g/mol. The van der Waals surface area contributed by atoms with Crippen molar-refractivity contribution in [3.63, 3.8) is 0 Å². The lowest BCUT2D eigenvalue weighted by molar-refractivity contribution is 0.203. The van der Waals surface area contributed by atoms with Crippen molar-refractivity contribution in [2.24, 2.45) is 4.99 Å². The minimum atomic E-state index is 0.501. The lowest BCUT2D eigenvalue weighted by Crippen LogP contribution is -2.48. The second kappa shape index (κ2) is 10.3. The van der Waals surface area contributed by atoms with E-state index >= 15 is 0 Å². The van der Waals surface area contributed by atoms with Crippen molar-refractivity contribution in [2.45, 2.75) is 65.5 Å². The Balaban J connectivity index is 1.81. The fraction of sp³-hybridized carbons (Fsp3) is 0.778. The number of piperidine rings is 1. The fourth-order valence-corrected chi connectivity index (χ4v) is 2.95. The maximum Gasteiger partial charge on any atom is 0.191 e. The fourth-order valence-electron chi connectivity index (χ4n) is 2.95. The van der Waals surface area contributed by atoms with Gasteiger partial charge >= 0.3 is 0 Å². The lowest BCUT2D eigenvalue weighted by atomic mass is 10.0. The minimum Gasteiger partial charge on any atom is -0.359 e. The first-order valence-corrected chi connectivity index (χ1v) is 9.46. The number of aromatic nitrogens is 1. The second-order valence-corrected chi connectivity index (χ2v) is 6.45. The first-order valence-electron chi connectivity index (χ1n) is 9.46. The van der Waals surface area contributed by atoms with Gasteiger partial charge in [-0.15, -0.1) is 0 Å². The van der Waals surface area contributed by atoms with E-state index in [0.717, 1.165) is 30.4 Å². The van der Waals surface area contributed by atoms with Crippen LogP contribution in [0.4, 0.5) is 0 Å². The van der Waals surface area contributed by atoms with Crippen LogP contribution in [0.5, 0.6) is 0 Å². The van der Waals surface area contributed by atoms with Crippen LogP contribution in [-0.4, -0.2) is 48.2 Å². The molecule has 0 aliphatic carbocycles. The van der Waals surface area contributed by atoms with Crippen LogP contribution >= 0.6 is 0 Å². The number of hydrogen-bond acceptors (Lipinski definition) is 4. The highest BCUT2D eigenvalue weighted by Crippen LogP contribution is 2.11. The molecular formula is C18H33N5O. The van der Waals surface area contributed by atoms with Crippen LogP contribution in [0.3, 0.4) is 0 Å². The van der Waals surface area contributed by atoms with Gasteiger partial charge in [-0.1, -0.05) is 25.4 Å². The number of rotatable bonds is 8. The molecule has 0 radical (unpaired) electrons. The number of aliphatic imine (C=N–C) groups is 1. The van der Waals surface area contributed by atoms with E-state index in [9.17, 15) is 0 Å². The van der Waals surface area contributed by atoms with Gasteiger partial charge in [0.25, 0.3) is 0 Å². The van der Waals surface area contributed by atoms with Gasteiger partial charge in [-0.3, -0.25) is 0 Å². The molecule has 0 aromatic carbocycles. The number of unbranched alkanes of at least 4 members (excludes halogenated alkanes) is 1. The monoisotopic (exact) mass is 335 g/mol. The van der Waals surface area contributed by atoms with Gasteiger partial charge in [0.05, 0.1) is 5.69 Å². The van der Waals surface area contributed by atoms with Gasteiger partial charge < -0.3 is 20.1 Å². The number of guanidine groups is 1. The van der Waals surface area contributed by atoms with Crippen LogP contribution in [0.25, 0.3) is 0 Å². The molecule has 1 aliphatic rings. The maximum absolute atomic E-state index is 5.31. The summed E-state index contributed by atoms with van der Waals surface area (Å²) in [4.78, 5) is 7.22. The van der Waals surface area contributed by atoms with Gasteiger partial charge in [0, 0.05) is 31.7 Å². The summed E-state index contributed by atoms with van der Waals surface area (Å²) in [5.74, 6) is 1.69. The normalized spacial score (nSPS) is 17.2. The Labute approximate surface area is 146 Å². The number of nitrogens with one attached hydrogen (secondary N) is 2. The summed E-state index contributed by atoms with van der Waals surface area (Å²) in [5, 5.41) is 10.9. The van der Waals surface area contributed by atoms with Gasteiger partial charge in [-0.2, -0.15) is 0 Å². The highest BCUT2D eigenvalue weighted by Gasteiger charge is 2.19. The molecule has 0 saturated carbocycles. The van der Waals surface area contributed by atoms with Gasteiger partial charge in [-0.05, 0) is 39.2 Å². The van der Waals surface area contributed by atoms with E-state index < -0.39 is 0 Å². The minimum absolute atomic E-state index is 0.501. The molecule has 1 aromatic heterocycles. The summed E-state index contributed by atoms with van der Waals surface area (Å²) in [6.07, 6.45) is 5.82. The van der Waals surface area contributed by atoms with Crippen LogP contribution in [0.15, 0.2) is 15.6 Å². The third kappa shape index (κ3) is 6.15. The first-order chi connectivity index (χ1) is 11.7. The third-order valence-electron chi connectivity index (χ3n) is 4.46. The van der Waals surface area contributed by atoms with Crippen LogP contribution in [0.1, 0.15) is 57.9 Å². The van der Waals surface area contributed by atoms with Gasteiger partial charge in [-0.25, -0.2) is 4.99 Å². The van der Waals surface area contributed by atoms with E-state index in [1.54, 1.807) is 0 Å². The second-order valence-electron chi connectivity index (χ2n) is 6.45. The van der Waals surface area contributed by atoms with E-state index in [-0.39, 0.29) is 0 Å². The van der Waals surface area contributed by atoms with Crippen molar-refractivity contribution in [1.29, 1.82) is 0 Å². The number of aryl methyl sites for hydroxylation is 1. The number of hydrogen-bond donors (Lipinski definition) is 2. The average molecular weight is 335 g/mol. The van der Waals surface area contributed by atoms with Gasteiger partial charge in [0.2, 0.25) is 0 Å². The van der Waals surface area contributed by atoms with E-state index in [2.05, 4.69) is 46.5 Å². The molecule has 2 rings (SSSR count). The van der Waals surface area contributed by atoms with Crippen molar-refractivity contribution < 1.29 is 4.52 Å². The van der Waals surface area contributed by atoms with Crippen molar-refractivity contribution in [3.8, 4) is 0 Å².